The summed E-state index contributed by atoms with van der Waals surface area (Å²) in [6.45, 7) is 19.9. The number of hydrogen-bond donors (Lipinski definition) is 0. The Morgan fingerprint density at radius 2 is 0.708 bits per heavy atom. The van der Waals surface area contributed by atoms with Crippen molar-refractivity contribution in [1.82, 2.24) is 0 Å². The van der Waals surface area contributed by atoms with Crippen molar-refractivity contribution in [3.63, 3.8) is 0 Å². The zero-order valence-electron chi connectivity index (χ0n) is 17.0. The molecule has 0 atom stereocenters. The van der Waals surface area contributed by atoms with Crippen molar-refractivity contribution in [1.29, 1.82) is 0 Å². The van der Waals surface area contributed by atoms with Crippen LogP contribution in [0.4, 0.5) is 0 Å². The van der Waals surface area contributed by atoms with Crippen LogP contribution < -0.4 is 0 Å². The molecule has 1 rings (SSSR count). The summed E-state index contributed by atoms with van der Waals surface area (Å²) in [5.74, 6) is 0. The third-order valence-electron chi connectivity index (χ3n) is 5.50. The third kappa shape index (κ3) is 5.95. The predicted octanol–water partition coefficient (Wildman–Crippen LogP) is 3.59. The SMILES string of the molecule is CC1(C)OCCCOC(C)(C)C(C)(C)OCCOCCOC1(C)C. The normalized spacial score (nSPS) is 29.0. The van der Waals surface area contributed by atoms with Crippen LogP contribution in [0.15, 0.2) is 0 Å². The van der Waals surface area contributed by atoms with E-state index in [0.717, 1.165) is 6.42 Å². The van der Waals surface area contributed by atoms with Gasteiger partial charge in [0.15, 0.2) is 0 Å². The van der Waals surface area contributed by atoms with Crippen molar-refractivity contribution in [2.24, 2.45) is 0 Å². The fourth-order valence-electron chi connectivity index (χ4n) is 2.22. The van der Waals surface area contributed by atoms with Gasteiger partial charge in [-0.2, -0.15) is 0 Å². The molecule has 0 N–H and O–H groups in total. The van der Waals surface area contributed by atoms with Crippen LogP contribution in [0.5, 0.6) is 0 Å². The van der Waals surface area contributed by atoms with Crippen LogP contribution in [0.25, 0.3) is 0 Å². The number of hydrogen-bond acceptors (Lipinski definition) is 5. The molecule has 0 bridgehead atoms. The molecule has 0 aromatic carbocycles. The molecule has 1 heterocycles. The van der Waals surface area contributed by atoms with Crippen LogP contribution in [0.3, 0.4) is 0 Å². The Labute approximate surface area is 148 Å². The molecule has 1 fully saturated rings. The highest BCUT2D eigenvalue weighted by atomic mass is 16.6. The lowest BCUT2D eigenvalue weighted by atomic mass is 9.89. The molecule has 1 aliphatic heterocycles. The molecule has 0 spiro atoms. The molecular weight excluding hydrogens is 308 g/mol. The van der Waals surface area contributed by atoms with Gasteiger partial charge in [0, 0.05) is 13.2 Å². The van der Waals surface area contributed by atoms with E-state index in [2.05, 4.69) is 55.4 Å². The first-order chi connectivity index (χ1) is 10.9. The molecule has 0 saturated carbocycles. The summed E-state index contributed by atoms with van der Waals surface area (Å²) in [7, 11) is 0. The van der Waals surface area contributed by atoms with Gasteiger partial charge in [-0.15, -0.1) is 0 Å². The van der Waals surface area contributed by atoms with Crippen LogP contribution in [0.2, 0.25) is 0 Å². The summed E-state index contributed by atoms with van der Waals surface area (Å²) in [5, 5.41) is 0. The second kappa shape index (κ2) is 8.45. The van der Waals surface area contributed by atoms with E-state index >= 15 is 0 Å². The van der Waals surface area contributed by atoms with Gasteiger partial charge in [-0.25, -0.2) is 0 Å². The van der Waals surface area contributed by atoms with E-state index in [9.17, 15) is 0 Å². The zero-order valence-corrected chi connectivity index (χ0v) is 17.0. The molecular formula is C19H38O5. The Bertz CT molecular complexity index is 340. The summed E-state index contributed by atoms with van der Waals surface area (Å²) >= 11 is 0. The molecule has 0 aromatic rings. The summed E-state index contributed by atoms with van der Waals surface area (Å²) in [6.07, 6.45) is 0.835. The van der Waals surface area contributed by atoms with Gasteiger partial charge in [0.05, 0.1) is 48.8 Å². The molecule has 0 aliphatic carbocycles. The van der Waals surface area contributed by atoms with Crippen molar-refractivity contribution in [2.75, 3.05) is 39.6 Å². The maximum atomic E-state index is 6.09. The van der Waals surface area contributed by atoms with Gasteiger partial charge in [-0.05, 0) is 61.8 Å². The van der Waals surface area contributed by atoms with Gasteiger partial charge < -0.3 is 23.7 Å². The lowest BCUT2D eigenvalue weighted by molar-refractivity contribution is -0.201. The van der Waals surface area contributed by atoms with Crippen LogP contribution in [0.1, 0.15) is 61.8 Å². The Morgan fingerprint density at radius 1 is 0.417 bits per heavy atom. The van der Waals surface area contributed by atoms with E-state index in [1.165, 1.54) is 0 Å². The molecule has 0 radical (unpaired) electrons. The first kappa shape index (κ1) is 21.8. The van der Waals surface area contributed by atoms with Crippen LogP contribution in [-0.2, 0) is 23.7 Å². The number of ether oxygens (including phenoxy) is 5. The fraction of sp³-hybridized carbons (Fsp3) is 1.00. The molecule has 1 saturated heterocycles. The van der Waals surface area contributed by atoms with Gasteiger partial charge in [-0.3, -0.25) is 0 Å². The van der Waals surface area contributed by atoms with Crippen molar-refractivity contribution in [3.8, 4) is 0 Å². The molecule has 5 heteroatoms. The molecule has 24 heavy (non-hydrogen) atoms. The van der Waals surface area contributed by atoms with Gasteiger partial charge in [-0.1, -0.05) is 0 Å². The average molecular weight is 347 g/mol. The molecule has 0 aromatic heterocycles. The average Bonchev–Trinajstić information content (AvgIpc) is 2.44. The van der Waals surface area contributed by atoms with Crippen LogP contribution >= 0.6 is 0 Å². The first-order valence-corrected chi connectivity index (χ1v) is 9.05. The minimum atomic E-state index is -0.397. The predicted molar refractivity (Wildman–Crippen MR) is 95.6 cm³/mol. The second-order valence-corrected chi connectivity index (χ2v) is 8.40. The molecule has 5 nitrogen and oxygen atoms in total. The summed E-state index contributed by atoms with van der Waals surface area (Å²) in [6, 6.07) is 0. The highest BCUT2D eigenvalue weighted by Crippen LogP contribution is 2.31. The van der Waals surface area contributed by atoms with E-state index < -0.39 is 11.2 Å². The van der Waals surface area contributed by atoms with E-state index in [1.807, 2.05) is 0 Å². The fourth-order valence-corrected chi connectivity index (χ4v) is 2.22. The Kier molecular flexibility index (Phi) is 7.69. The lowest BCUT2D eigenvalue weighted by Crippen LogP contribution is -2.51. The van der Waals surface area contributed by atoms with E-state index in [1.54, 1.807) is 0 Å². The van der Waals surface area contributed by atoms with Gasteiger partial charge >= 0.3 is 0 Å². The van der Waals surface area contributed by atoms with E-state index in [0.29, 0.717) is 39.6 Å². The first-order valence-electron chi connectivity index (χ1n) is 9.05. The monoisotopic (exact) mass is 346 g/mol. The smallest absolute Gasteiger partial charge is 0.0910 e. The maximum absolute atomic E-state index is 6.09. The Hall–Kier alpha value is -0.200. The van der Waals surface area contributed by atoms with Gasteiger partial charge in [0.2, 0.25) is 0 Å². The third-order valence-corrected chi connectivity index (χ3v) is 5.50. The summed E-state index contributed by atoms with van der Waals surface area (Å²) in [5.41, 5.74) is -1.57. The summed E-state index contributed by atoms with van der Waals surface area (Å²) in [4.78, 5) is 0. The van der Waals surface area contributed by atoms with E-state index in [4.69, 9.17) is 23.7 Å². The maximum Gasteiger partial charge on any atom is 0.0910 e. The largest absolute Gasteiger partial charge is 0.377 e. The molecule has 1 aliphatic rings. The van der Waals surface area contributed by atoms with Crippen molar-refractivity contribution in [3.05, 3.63) is 0 Å². The Balaban J connectivity index is 2.70. The minimum Gasteiger partial charge on any atom is -0.377 e. The Morgan fingerprint density at radius 3 is 1.04 bits per heavy atom. The number of rotatable bonds is 0. The van der Waals surface area contributed by atoms with Gasteiger partial charge in [0.1, 0.15) is 0 Å². The minimum absolute atomic E-state index is 0.387. The topological polar surface area (TPSA) is 46.2 Å². The zero-order chi connectivity index (χ0) is 18.5. The van der Waals surface area contributed by atoms with Crippen LogP contribution in [0, 0.1) is 0 Å². The van der Waals surface area contributed by atoms with E-state index in [-0.39, 0.29) is 11.2 Å². The van der Waals surface area contributed by atoms with Gasteiger partial charge in [0.25, 0.3) is 0 Å². The molecule has 0 unspecified atom stereocenters. The lowest BCUT2D eigenvalue weighted by Gasteiger charge is -2.42. The van der Waals surface area contributed by atoms with Crippen molar-refractivity contribution >= 4 is 0 Å². The highest BCUT2D eigenvalue weighted by molar-refractivity contribution is 4.91. The quantitative estimate of drug-likeness (QED) is 0.671. The van der Waals surface area contributed by atoms with Crippen molar-refractivity contribution in [2.45, 2.75) is 84.2 Å². The standard InChI is InChI=1S/C19H38O5/c1-16(2)18(5,6)23-14-12-20-13-15-24-19(7,8)17(3,4)22-11-9-10-21-16/h9-15H2,1-8H3. The van der Waals surface area contributed by atoms with Crippen LogP contribution in [-0.4, -0.2) is 62.0 Å². The highest BCUT2D eigenvalue weighted by Gasteiger charge is 2.40. The second-order valence-electron chi connectivity index (χ2n) is 8.40. The summed E-state index contributed by atoms with van der Waals surface area (Å²) < 4.78 is 29.8. The molecule has 0 amide bonds. The molecule has 144 valence electrons. The van der Waals surface area contributed by atoms with Crippen molar-refractivity contribution < 1.29 is 23.7 Å².